The van der Waals surface area contributed by atoms with Crippen LogP contribution in [0.4, 0.5) is 5.69 Å². The third-order valence-electron chi connectivity index (χ3n) is 5.37. The van der Waals surface area contributed by atoms with Gasteiger partial charge in [0, 0.05) is 36.6 Å². The van der Waals surface area contributed by atoms with E-state index in [4.69, 9.17) is 4.74 Å². The molecule has 0 saturated carbocycles. The second-order valence-corrected chi connectivity index (χ2v) is 8.30. The zero-order chi connectivity index (χ0) is 20.4. The summed E-state index contributed by atoms with van der Waals surface area (Å²) in [7, 11) is 0. The molecule has 2 heterocycles. The Bertz CT molecular complexity index is 1020. The van der Waals surface area contributed by atoms with Crippen LogP contribution in [0, 0.1) is 6.92 Å². The largest absolute Gasteiger partial charge is 0.448 e. The summed E-state index contributed by atoms with van der Waals surface area (Å²) in [6, 6.07) is 18.1. The van der Waals surface area contributed by atoms with E-state index in [-0.39, 0.29) is 5.91 Å². The Hall–Kier alpha value is -2.86. The molecule has 2 aromatic carbocycles. The van der Waals surface area contributed by atoms with Gasteiger partial charge >= 0.3 is 5.97 Å². The summed E-state index contributed by atoms with van der Waals surface area (Å²) < 4.78 is 6.59. The van der Waals surface area contributed by atoms with Gasteiger partial charge in [0.15, 0.2) is 6.10 Å². The van der Waals surface area contributed by atoms with Gasteiger partial charge in [0.2, 0.25) is 0 Å². The number of ether oxygens (including phenoxy) is 1. The third-order valence-corrected chi connectivity index (χ3v) is 6.63. The van der Waals surface area contributed by atoms with Gasteiger partial charge in [-0.1, -0.05) is 36.4 Å². The standard InChI is InChI=1S/C23H24N2O3S/c1-16-19-10-6-7-11-20(19)29-21(16)23(27)28-17(2)22(26)25-14-12-24(13-15-25)18-8-4-3-5-9-18/h3-11,17H,12-15H2,1-2H3/t17-/m0/s1. The first kappa shape index (κ1) is 19.5. The maximum atomic E-state index is 12.8. The maximum Gasteiger partial charge on any atom is 0.349 e. The number of esters is 1. The number of carbonyl (C=O) groups is 2. The fourth-order valence-electron chi connectivity index (χ4n) is 3.71. The first-order valence-corrected chi connectivity index (χ1v) is 10.6. The SMILES string of the molecule is Cc1c(C(=O)O[C@@H](C)C(=O)N2CCN(c3ccccc3)CC2)sc2ccccc12. The summed E-state index contributed by atoms with van der Waals surface area (Å²) in [5, 5.41) is 1.06. The van der Waals surface area contributed by atoms with E-state index in [0.717, 1.165) is 28.7 Å². The molecule has 3 aromatic rings. The zero-order valence-corrected chi connectivity index (χ0v) is 17.4. The topological polar surface area (TPSA) is 49.9 Å². The van der Waals surface area contributed by atoms with Crippen LogP contribution < -0.4 is 4.90 Å². The van der Waals surface area contributed by atoms with E-state index in [2.05, 4.69) is 17.0 Å². The van der Waals surface area contributed by atoms with Crippen molar-refractivity contribution >= 4 is 39.0 Å². The summed E-state index contributed by atoms with van der Waals surface area (Å²) in [5.41, 5.74) is 2.08. The lowest BCUT2D eigenvalue weighted by Crippen LogP contribution is -2.51. The lowest BCUT2D eigenvalue weighted by molar-refractivity contribution is -0.140. The number of benzene rings is 2. The Morgan fingerprint density at radius 2 is 1.62 bits per heavy atom. The van der Waals surface area contributed by atoms with Crippen molar-refractivity contribution in [1.29, 1.82) is 0 Å². The number of rotatable bonds is 4. The van der Waals surface area contributed by atoms with Crippen molar-refractivity contribution in [2.24, 2.45) is 0 Å². The summed E-state index contributed by atoms with van der Waals surface area (Å²) in [5.74, 6) is -0.558. The second kappa shape index (κ2) is 8.25. The van der Waals surface area contributed by atoms with E-state index in [1.54, 1.807) is 11.8 Å². The normalized spacial score (nSPS) is 15.4. The molecule has 150 valence electrons. The number of amides is 1. The summed E-state index contributed by atoms with van der Waals surface area (Å²) >= 11 is 1.41. The van der Waals surface area contributed by atoms with Gasteiger partial charge in [-0.3, -0.25) is 4.79 Å². The van der Waals surface area contributed by atoms with Gasteiger partial charge in [0.1, 0.15) is 4.88 Å². The Labute approximate surface area is 174 Å². The first-order valence-electron chi connectivity index (χ1n) is 9.82. The van der Waals surface area contributed by atoms with Gasteiger partial charge in [-0.25, -0.2) is 4.79 Å². The molecule has 1 aliphatic rings. The number of hydrogen-bond acceptors (Lipinski definition) is 5. The predicted molar refractivity (Wildman–Crippen MR) is 117 cm³/mol. The highest BCUT2D eigenvalue weighted by molar-refractivity contribution is 7.21. The first-order chi connectivity index (χ1) is 14.0. The summed E-state index contributed by atoms with van der Waals surface area (Å²) in [6.45, 7) is 6.37. The lowest BCUT2D eigenvalue weighted by atomic mass is 10.1. The molecule has 0 radical (unpaired) electrons. The van der Waals surface area contributed by atoms with Crippen molar-refractivity contribution in [2.45, 2.75) is 20.0 Å². The van der Waals surface area contributed by atoms with Crippen LogP contribution in [-0.2, 0) is 9.53 Å². The van der Waals surface area contributed by atoms with Crippen molar-refractivity contribution in [3.63, 3.8) is 0 Å². The van der Waals surface area contributed by atoms with Crippen LogP contribution in [0.3, 0.4) is 0 Å². The van der Waals surface area contributed by atoms with Crippen molar-refractivity contribution < 1.29 is 14.3 Å². The number of piperazine rings is 1. The van der Waals surface area contributed by atoms with Gasteiger partial charge in [-0.05, 0) is 43.0 Å². The molecule has 1 fully saturated rings. The van der Waals surface area contributed by atoms with E-state index in [9.17, 15) is 9.59 Å². The number of nitrogens with zero attached hydrogens (tertiary/aromatic N) is 2. The zero-order valence-electron chi connectivity index (χ0n) is 16.6. The molecule has 1 aliphatic heterocycles. The average molecular weight is 409 g/mol. The third kappa shape index (κ3) is 3.98. The van der Waals surface area contributed by atoms with Gasteiger partial charge in [-0.2, -0.15) is 0 Å². The van der Waals surface area contributed by atoms with Crippen molar-refractivity contribution in [3.8, 4) is 0 Å². The van der Waals surface area contributed by atoms with Gasteiger partial charge < -0.3 is 14.5 Å². The number of hydrogen-bond donors (Lipinski definition) is 0. The highest BCUT2D eigenvalue weighted by Crippen LogP contribution is 2.31. The van der Waals surface area contributed by atoms with E-state index in [1.807, 2.05) is 49.4 Å². The van der Waals surface area contributed by atoms with Crippen molar-refractivity contribution in [3.05, 3.63) is 65.0 Å². The van der Waals surface area contributed by atoms with Gasteiger partial charge in [0.25, 0.3) is 5.91 Å². The summed E-state index contributed by atoms with van der Waals surface area (Å²) in [4.78, 5) is 30.1. The molecule has 5 nitrogen and oxygen atoms in total. The minimum Gasteiger partial charge on any atom is -0.448 e. The molecule has 0 bridgehead atoms. The minimum absolute atomic E-state index is 0.134. The molecule has 29 heavy (non-hydrogen) atoms. The highest BCUT2D eigenvalue weighted by atomic mass is 32.1. The number of anilines is 1. The minimum atomic E-state index is -0.796. The summed E-state index contributed by atoms with van der Waals surface area (Å²) in [6.07, 6.45) is -0.796. The molecule has 0 aliphatic carbocycles. The van der Waals surface area contributed by atoms with Crippen LogP contribution in [0.2, 0.25) is 0 Å². The molecule has 1 saturated heterocycles. The van der Waals surface area contributed by atoms with Gasteiger partial charge in [0.05, 0.1) is 0 Å². The molecule has 4 rings (SSSR count). The van der Waals surface area contributed by atoms with Crippen LogP contribution in [0.5, 0.6) is 0 Å². The fraction of sp³-hybridized carbons (Fsp3) is 0.304. The Kier molecular flexibility index (Phi) is 5.53. The van der Waals surface area contributed by atoms with E-state index in [0.29, 0.717) is 18.0 Å². The smallest absolute Gasteiger partial charge is 0.349 e. The fourth-order valence-corrected chi connectivity index (χ4v) is 4.81. The lowest BCUT2D eigenvalue weighted by Gasteiger charge is -2.37. The maximum absolute atomic E-state index is 12.8. The Morgan fingerprint density at radius 3 is 2.31 bits per heavy atom. The molecule has 1 amide bonds. The number of aryl methyl sites for hydroxylation is 1. The number of para-hydroxylation sites is 1. The average Bonchev–Trinajstić information content (AvgIpc) is 3.11. The predicted octanol–water partition coefficient (Wildman–Crippen LogP) is 4.10. The molecular formula is C23H24N2O3S. The Balaban J connectivity index is 1.37. The van der Waals surface area contributed by atoms with Crippen LogP contribution in [-0.4, -0.2) is 49.1 Å². The number of carbonyl (C=O) groups excluding carboxylic acids is 2. The quantitative estimate of drug-likeness (QED) is 0.610. The number of fused-ring (bicyclic) bond motifs is 1. The van der Waals surface area contributed by atoms with Crippen molar-refractivity contribution in [2.75, 3.05) is 31.1 Å². The van der Waals surface area contributed by atoms with Gasteiger partial charge in [-0.15, -0.1) is 11.3 Å². The number of thiophene rings is 1. The van der Waals surface area contributed by atoms with Crippen molar-refractivity contribution in [1.82, 2.24) is 4.90 Å². The molecule has 1 atom stereocenters. The van der Waals surface area contributed by atoms with E-state index in [1.165, 1.54) is 17.0 Å². The van der Waals surface area contributed by atoms with E-state index < -0.39 is 12.1 Å². The molecular weight excluding hydrogens is 384 g/mol. The molecule has 6 heteroatoms. The monoisotopic (exact) mass is 408 g/mol. The Morgan fingerprint density at radius 1 is 0.966 bits per heavy atom. The van der Waals surface area contributed by atoms with Crippen LogP contribution in [0.1, 0.15) is 22.2 Å². The van der Waals surface area contributed by atoms with Crippen LogP contribution >= 0.6 is 11.3 Å². The van der Waals surface area contributed by atoms with E-state index >= 15 is 0 Å². The van der Waals surface area contributed by atoms with Crippen LogP contribution in [0.25, 0.3) is 10.1 Å². The molecule has 0 unspecified atom stereocenters. The molecule has 0 spiro atoms. The highest BCUT2D eigenvalue weighted by Gasteiger charge is 2.28. The second-order valence-electron chi connectivity index (χ2n) is 7.25. The van der Waals surface area contributed by atoms with Crippen LogP contribution in [0.15, 0.2) is 54.6 Å². The molecule has 1 aromatic heterocycles. The molecule has 0 N–H and O–H groups in total.